The van der Waals surface area contributed by atoms with Crippen molar-refractivity contribution in [3.63, 3.8) is 0 Å². The minimum absolute atomic E-state index is 0.0299. The Bertz CT molecular complexity index is 595. The van der Waals surface area contributed by atoms with E-state index in [9.17, 15) is 4.79 Å². The van der Waals surface area contributed by atoms with Crippen LogP contribution in [0.3, 0.4) is 0 Å². The van der Waals surface area contributed by atoms with E-state index >= 15 is 0 Å². The summed E-state index contributed by atoms with van der Waals surface area (Å²) in [5.74, 6) is 1.32. The fourth-order valence-corrected chi connectivity index (χ4v) is 4.75. The molecule has 2 heterocycles. The molecule has 1 saturated heterocycles. The molecular weight excluding hydrogens is 288 g/mol. The van der Waals surface area contributed by atoms with Crippen LogP contribution in [0.2, 0.25) is 0 Å². The summed E-state index contributed by atoms with van der Waals surface area (Å²) in [6, 6.07) is 6.72. The number of hydrogen-bond acceptors (Lipinski definition) is 3. The van der Waals surface area contributed by atoms with E-state index in [1.54, 1.807) is 6.92 Å². The summed E-state index contributed by atoms with van der Waals surface area (Å²) in [5, 5.41) is 6.71. The summed E-state index contributed by atoms with van der Waals surface area (Å²) < 4.78 is 6.11. The molecule has 1 amide bonds. The van der Waals surface area contributed by atoms with Gasteiger partial charge in [-0.3, -0.25) is 4.79 Å². The largest absolute Gasteiger partial charge is 0.381 e. The second-order valence-electron chi connectivity index (χ2n) is 7.30. The van der Waals surface area contributed by atoms with Gasteiger partial charge in [-0.2, -0.15) is 0 Å². The number of anilines is 2. The van der Waals surface area contributed by atoms with E-state index in [0.717, 1.165) is 24.6 Å². The second kappa shape index (κ2) is 6.16. The van der Waals surface area contributed by atoms with Crippen LogP contribution in [0.5, 0.6) is 0 Å². The zero-order valence-corrected chi connectivity index (χ0v) is 13.8. The maximum absolute atomic E-state index is 11.3. The molecule has 1 saturated carbocycles. The highest BCUT2D eigenvalue weighted by molar-refractivity contribution is 5.89. The third-order valence-electron chi connectivity index (χ3n) is 5.76. The first-order valence-corrected chi connectivity index (χ1v) is 9.02. The zero-order valence-electron chi connectivity index (χ0n) is 13.8. The average Bonchev–Trinajstić information content (AvgIpc) is 3.04. The van der Waals surface area contributed by atoms with Gasteiger partial charge in [0.15, 0.2) is 0 Å². The molecule has 23 heavy (non-hydrogen) atoms. The van der Waals surface area contributed by atoms with E-state index in [2.05, 4.69) is 22.8 Å². The molecule has 4 heteroatoms. The number of amides is 1. The monoisotopic (exact) mass is 314 g/mol. The molecule has 0 spiro atoms. The van der Waals surface area contributed by atoms with E-state index < -0.39 is 0 Å². The summed E-state index contributed by atoms with van der Waals surface area (Å²) >= 11 is 0. The lowest BCUT2D eigenvalue weighted by molar-refractivity contribution is -0.114. The normalized spacial score (nSPS) is 30.2. The van der Waals surface area contributed by atoms with Gasteiger partial charge in [-0.15, -0.1) is 0 Å². The lowest BCUT2D eigenvalue weighted by Crippen LogP contribution is -2.42. The van der Waals surface area contributed by atoms with Crippen molar-refractivity contribution in [1.82, 2.24) is 0 Å². The summed E-state index contributed by atoms with van der Waals surface area (Å²) in [5.41, 5.74) is 3.27. The van der Waals surface area contributed by atoms with Crippen LogP contribution in [0.25, 0.3) is 0 Å². The fraction of sp³-hybridized carbons (Fsp3) is 0.632. The van der Waals surface area contributed by atoms with E-state index in [4.69, 9.17) is 4.74 Å². The lowest BCUT2D eigenvalue weighted by Gasteiger charge is -2.42. The first kappa shape index (κ1) is 15.0. The molecule has 0 bridgehead atoms. The molecule has 0 radical (unpaired) electrons. The highest BCUT2D eigenvalue weighted by Crippen LogP contribution is 2.48. The van der Waals surface area contributed by atoms with Crippen molar-refractivity contribution in [2.24, 2.45) is 11.8 Å². The summed E-state index contributed by atoms with van der Waals surface area (Å²) in [4.78, 5) is 11.3. The molecule has 1 aromatic rings. The van der Waals surface area contributed by atoms with Gasteiger partial charge in [0, 0.05) is 42.4 Å². The lowest BCUT2D eigenvalue weighted by atomic mass is 9.73. The summed E-state index contributed by atoms with van der Waals surface area (Å²) in [7, 11) is 0. The topological polar surface area (TPSA) is 50.4 Å². The van der Waals surface area contributed by atoms with Crippen LogP contribution in [0.1, 0.15) is 57.1 Å². The van der Waals surface area contributed by atoms with Gasteiger partial charge in [-0.1, -0.05) is 19.3 Å². The summed E-state index contributed by atoms with van der Waals surface area (Å²) in [6.07, 6.45) is 8.16. The third-order valence-corrected chi connectivity index (χ3v) is 5.76. The van der Waals surface area contributed by atoms with Crippen molar-refractivity contribution < 1.29 is 9.53 Å². The molecule has 2 N–H and O–H groups in total. The minimum atomic E-state index is -0.0299. The molecule has 2 aliphatic heterocycles. The Labute approximate surface area is 138 Å². The standard InChI is InChI=1S/C19H26N2O2/c1-12(22)20-14-7-8-17-16(11-14)19-15(9-10-23-19)18(21-17)13-5-3-2-4-6-13/h7-8,11,13,15,18-19,21H,2-6,9-10H2,1H3,(H,20,22)/t15-,18?,19-/m0/s1. The highest BCUT2D eigenvalue weighted by Gasteiger charge is 2.43. The number of carbonyl (C=O) groups is 1. The molecule has 3 aliphatic rings. The highest BCUT2D eigenvalue weighted by atomic mass is 16.5. The van der Waals surface area contributed by atoms with Crippen LogP contribution in [0.4, 0.5) is 11.4 Å². The Balaban J connectivity index is 1.63. The number of benzene rings is 1. The molecular formula is C19H26N2O2. The maximum Gasteiger partial charge on any atom is 0.221 e. The Kier molecular flexibility index (Phi) is 4.02. The molecule has 4 rings (SSSR count). The van der Waals surface area contributed by atoms with Gasteiger partial charge in [0.1, 0.15) is 0 Å². The van der Waals surface area contributed by atoms with Crippen LogP contribution >= 0.6 is 0 Å². The fourth-order valence-electron chi connectivity index (χ4n) is 4.75. The van der Waals surface area contributed by atoms with Crippen LogP contribution in [-0.2, 0) is 9.53 Å². The molecule has 1 aliphatic carbocycles. The minimum Gasteiger partial charge on any atom is -0.381 e. The number of carbonyl (C=O) groups excluding carboxylic acids is 1. The van der Waals surface area contributed by atoms with Crippen molar-refractivity contribution in [2.45, 2.75) is 57.6 Å². The van der Waals surface area contributed by atoms with Gasteiger partial charge in [0.25, 0.3) is 0 Å². The van der Waals surface area contributed by atoms with Gasteiger partial charge >= 0.3 is 0 Å². The van der Waals surface area contributed by atoms with Gasteiger partial charge < -0.3 is 15.4 Å². The Morgan fingerprint density at radius 1 is 1.22 bits per heavy atom. The predicted molar refractivity (Wildman–Crippen MR) is 91.5 cm³/mol. The SMILES string of the molecule is CC(=O)Nc1ccc2c(c1)[C@H]1OCC[C@H]1C(C1CCCCC1)N2. The smallest absolute Gasteiger partial charge is 0.221 e. The predicted octanol–water partition coefficient (Wildman–Crippen LogP) is 4.10. The van der Waals surface area contributed by atoms with Gasteiger partial charge in [0.2, 0.25) is 5.91 Å². The number of fused-ring (bicyclic) bond motifs is 3. The molecule has 4 nitrogen and oxygen atoms in total. The Hall–Kier alpha value is -1.55. The first-order chi connectivity index (χ1) is 11.2. The molecule has 3 atom stereocenters. The summed E-state index contributed by atoms with van der Waals surface area (Å²) in [6.45, 7) is 2.40. The van der Waals surface area contributed by atoms with E-state index in [1.165, 1.54) is 43.4 Å². The van der Waals surface area contributed by atoms with Gasteiger partial charge in [-0.05, 0) is 43.4 Å². The molecule has 124 valence electrons. The van der Waals surface area contributed by atoms with Crippen molar-refractivity contribution in [1.29, 1.82) is 0 Å². The molecule has 1 aromatic carbocycles. The molecule has 2 fully saturated rings. The molecule has 0 aromatic heterocycles. The van der Waals surface area contributed by atoms with Crippen molar-refractivity contribution >= 4 is 17.3 Å². The van der Waals surface area contributed by atoms with E-state index in [1.807, 2.05) is 6.07 Å². The average molecular weight is 314 g/mol. The molecule has 1 unspecified atom stereocenters. The quantitative estimate of drug-likeness (QED) is 0.864. The Morgan fingerprint density at radius 2 is 2.04 bits per heavy atom. The van der Waals surface area contributed by atoms with Crippen molar-refractivity contribution in [2.75, 3.05) is 17.2 Å². The number of hydrogen-bond donors (Lipinski definition) is 2. The first-order valence-electron chi connectivity index (χ1n) is 9.02. The number of rotatable bonds is 2. The Morgan fingerprint density at radius 3 is 2.83 bits per heavy atom. The van der Waals surface area contributed by atoms with Crippen molar-refractivity contribution in [3.05, 3.63) is 23.8 Å². The van der Waals surface area contributed by atoms with Crippen LogP contribution in [0.15, 0.2) is 18.2 Å². The third kappa shape index (κ3) is 2.85. The van der Waals surface area contributed by atoms with Crippen LogP contribution in [0, 0.1) is 11.8 Å². The van der Waals surface area contributed by atoms with Gasteiger partial charge in [-0.25, -0.2) is 0 Å². The number of nitrogens with one attached hydrogen (secondary N) is 2. The van der Waals surface area contributed by atoms with E-state index in [0.29, 0.717) is 12.0 Å². The van der Waals surface area contributed by atoms with E-state index in [-0.39, 0.29) is 12.0 Å². The van der Waals surface area contributed by atoms with Gasteiger partial charge in [0.05, 0.1) is 6.10 Å². The number of ether oxygens (including phenoxy) is 1. The second-order valence-corrected chi connectivity index (χ2v) is 7.30. The van der Waals surface area contributed by atoms with Crippen LogP contribution in [-0.4, -0.2) is 18.6 Å². The van der Waals surface area contributed by atoms with Crippen LogP contribution < -0.4 is 10.6 Å². The van der Waals surface area contributed by atoms with Crippen molar-refractivity contribution in [3.8, 4) is 0 Å². The zero-order chi connectivity index (χ0) is 15.8. The maximum atomic E-state index is 11.3.